The lowest BCUT2D eigenvalue weighted by molar-refractivity contribution is -0.148. The first kappa shape index (κ1) is 25.8. The second-order valence-electron chi connectivity index (χ2n) is 7.45. The van der Waals surface area contributed by atoms with Gasteiger partial charge in [0.05, 0.1) is 6.04 Å². The summed E-state index contributed by atoms with van der Waals surface area (Å²) >= 11 is 0. The molecule has 3 amide bonds. The number of nitrogens with one attached hydrogen (secondary N) is 1. The fraction of sp³-hybridized carbons (Fsp3) is 0.526. The molecule has 0 aliphatic heterocycles. The first-order chi connectivity index (χ1) is 13.9. The van der Waals surface area contributed by atoms with Gasteiger partial charge in [-0.1, -0.05) is 51.1 Å². The van der Waals surface area contributed by atoms with E-state index in [2.05, 4.69) is 5.32 Å². The maximum atomic E-state index is 13.2. The third-order valence-electron chi connectivity index (χ3n) is 4.53. The molecule has 168 valence electrons. The summed E-state index contributed by atoms with van der Waals surface area (Å²) in [7, 11) is -4.58. The van der Waals surface area contributed by atoms with Crippen LogP contribution >= 0.6 is 7.60 Å². The number of hydrogen-bond donors (Lipinski definition) is 5. The van der Waals surface area contributed by atoms with Gasteiger partial charge in [0.1, 0.15) is 11.8 Å². The molecule has 0 aromatic heterocycles. The van der Waals surface area contributed by atoms with E-state index in [0.717, 1.165) is 0 Å². The van der Waals surface area contributed by atoms with Crippen LogP contribution in [0.1, 0.15) is 39.2 Å². The Labute approximate surface area is 175 Å². The highest BCUT2D eigenvalue weighted by atomic mass is 31.2. The van der Waals surface area contributed by atoms with Gasteiger partial charge in [-0.2, -0.15) is 0 Å². The molecule has 0 aliphatic rings. The number of urea groups is 1. The molecule has 3 atom stereocenters. The van der Waals surface area contributed by atoms with Crippen molar-refractivity contribution in [2.24, 2.45) is 11.7 Å². The smallest absolute Gasteiger partial charge is 0.342 e. The minimum Gasteiger partial charge on any atom is -0.480 e. The largest absolute Gasteiger partial charge is 0.480 e. The zero-order valence-electron chi connectivity index (χ0n) is 17.3. The van der Waals surface area contributed by atoms with Crippen LogP contribution in [-0.4, -0.2) is 55.6 Å². The standard InChI is InChI=1S/C19H30N3O7P/c1-4-16(30(27,28)29)21-14(10-12(2)3)17(23)22(19(20)26)15(18(24)25)11-13-8-6-5-7-9-13/h5-9,12,14-16,21H,4,10-11H2,1-3H3,(H2,20,26)(H,24,25)(H2,27,28,29)/t14-,15-,16+/m0/s1. The van der Waals surface area contributed by atoms with Crippen LogP contribution in [0.25, 0.3) is 0 Å². The van der Waals surface area contributed by atoms with E-state index in [1.165, 1.54) is 6.92 Å². The fourth-order valence-corrected chi connectivity index (χ4v) is 3.96. The minimum atomic E-state index is -4.58. The average Bonchev–Trinajstić information content (AvgIpc) is 2.63. The topological polar surface area (TPSA) is 170 Å². The van der Waals surface area contributed by atoms with Gasteiger partial charge < -0.3 is 20.6 Å². The van der Waals surface area contributed by atoms with E-state index in [1.54, 1.807) is 44.2 Å². The number of carboxylic acids is 1. The van der Waals surface area contributed by atoms with Crippen molar-refractivity contribution < 1.29 is 33.8 Å². The van der Waals surface area contributed by atoms with Crippen LogP contribution < -0.4 is 11.1 Å². The third kappa shape index (κ3) is 7.53. The number of amides is 3. The number of carbonyl (C=O) groups is 3. The molecule has 0 spiro atoms. The summed E-state index contributed by atoms with van der Waals surface area (Å²) in [4.78, 5) is 56.7. The van der Waals surface area contributed by atoms with E-state index >= 15 is 0 Å². The number of imide groups is 1. The molecule has 30 heavy (non-hydrogen) atoms. The van der Waals surface area contributed by atoms with Crippen LogP contribution in [0.15, 0.2) is 30.3 Å². The zero-order chi connectivity index (χ0) is 23.1. The second-order valence-corrected chi connectivity index (χ2v) is 9.25. The summed E-state index contributed by atoms with van der Waals surface area (Å²) in [5, 5.41) is 12.3. The van der Waals surface area contributed by atoms with Crippen LogP contribution in [0, 0.1) is 5.92 Å². The van der Waals surface area contributed by atoms with E-state index in [0.29, 0.717) is 10.5 Å². The molecule has 1 aromatic carbocycles. The van der Waals surface area contributed by atoms with Crippen molar-refractivity contribution >= 4 is 25.5 Å². The number of carboxylic acid groups (broad SMARTS) is 1. The molecular weight excluding hydrogens is 413 g/mol. The molecule has 0 fully saturated rings. The van der Waals surface area contributed by atoms with Gasteiger partial charge in [0.2, 0.25) is 5.91 Å². The van der Waals surface area contributed by atoms with Crippen LogP contribution in [0.4, 0.5) is 4.79 Å². The maximum Gasteiger partial charge on any atom is 0.342 e. The Balaban J connectivity index is 3.28. The second kappa shape index (κ2) is 11.2. The minimum absolute atomic E-state index is 0.0229. The highest BCUT2D eigenvalue weighted by Crippen LogP contribution is 2.41. The van der Waals surface area contributed by atoms with Gasteiger partial charge in [-0.25, -0.2) is 14.5 Å². The molecule has 0 heterocycles. The van der Waals surface area contributed by atoms with Gasteiger partial charge in [-0.3, -0.25) is 14.7 Å². The van der Waals surface area contributed by atoms with Crippen molar-refractivity contribution in [2.45, 2.75) is 57.9 Å². The molecule has 0 unspecified atom stereocenters. The molecule has 10 nitrogen and oxygen atoms in total. The van der Waals surface area contributed by atoms with Crippen molar-refractivity contribution in [2.75, 3.05) is 0 Å². The fourth-order valence-electron chi connectivity index (χ4n) is 3.11. The van der Waals surface area contributed by atoms with E-state index in [1.807, 2.05) is 0 Å². The molecule has 0 bridgehead atoms. The summed E-state index contributed by atoms with van der Waals surface area (Å²) < 4.78 is 11.7. The number of benzene rings is 1. The predicted molar refractivity (Wildman–Crippen MR) is 111 cm³/mol. The molecule has 11 heteroatoms. The van der Waals surface area contributed by atoms with E-state index in [4.69, 9.17) is 5.73 Å². The van der Waals surface area contributed by atoms with Gasteiger partial charge >= 0.3 is 19.6 Å². The zero-order valence-corrected chi connectivity index (χ0v) is 18.2. The molecule has 0 saturated heterocycles. The number of primary amides is 1. The van der Waals surface area contributed by atoms with Crippen molar-refractivity contribution in [1.29, 1.82) is 0 Å². The number of nitrogens with two attached hydrogens (primary N) is 1. The number of carbonyl (C=O) groups excluding carboxylic acids is 2. The summed E-state index contributed by atoms with van der Waals surface area (Å²) in [5.74, 6) is -3.77. The molecule has 1 aromatic rings. The highest BCUT2D eigenvalue weighted by Gasteiger charge is 2.40. The summed E-state index contributed by atoms with van der Waals surface area (Å²) in [6.07, 6.45) is -0.0131. The Morgan fingerprint density at radius 3 is 2.13 bits per heavy atom. The number of aliphatic carboxylic acids is 1. The van der Waals surface area contributed by atoms with Crippen LogP contribution in [-0.2, 0) is 20.6 Å². The van der Waals surface area contributed by atoms with Crippen LogP contribution in [0.5, 0.6) is 0 Å². The quantitative estimate of drug-likeness (QED) is 0.320. The normalized spacial score (nSPS) is 14.7. The Kier molecular flexibility index (Phi) is 9.64. The van der Waals surface area contributed by atoms with E-state index in [9.17, 15) is 33.8 Å². The molecule has 0 radical (unpaired) electrons. The maximum absolute atomic E-state index is 13.2. The Morgan fingerprint density at radius 2 is 1.73 bits per heavy atom. The lowest BCUT2D eigenvalue weighted by Gasteiger charge is -2.32. The SMILES string of the molecule is CC[C@H](N[C@@H](CC(C)C)C(=O)N(C(N)=O)[C@@H](Cc1ccccc1)C(=O)O)P(=O)(O)O. The molecule has 1 rings (SSSR count). The Morgan fingerprint density at radius 1 is 1.17 bits per heavy atom. The molecule has 0 aliphatic carbocycles. The Hall–Kier alpha value is -2.26. The summed E-state index contributed by atoms with van der Waals surface area (Å²) in [6.45, 7) is 5.11. The highest BCUT2D eigenvalue weighted by molar-refractivity contribution is 7.52. The van der Waals surface area contributed by atoms with Gasteiger partial charge in [0.15, 0.2) is 0 Å². The van der Waals surface area contributed by atoms with Gasteiger partial charge in [0, 0.05) is 6.42 Å². The van der Waals surface area contributed by atoms with Crippen LogP contribution in [0.2, 0.25) is 0 Å². The number of hydrogen-bond acceptors (Lipinski definition) is 5. The monoisotopic (exact) mass is 443 g/mol. The lowest BCUT2D eigenvalue weighted by atomic mass is 10.00. The van der Waals surface area contributed by atoms with E-state index in [-0.39, 0.29) is 25.2 Å². The summed E-state index contributed by atoms with van der Waals surface area (Å²) in [6, 6.07) is 4.43. The Bertz CT molecular complexity index is 782. The molecule has 6 N–H and O–H groups in total. The predicted octanol–water partition coefficient (Wildman–Crippen LogP) is 1.51. The van der Waals surface area contributed by atoms with Crippen LogP contribution in [0.3, 0.4) is 0 Å². The number of nitrogens with zero attached hydrogens (tertiary/aromatic N) is 1. The average molecular weight is 443 g/mol. The van der Waals surface area contributed by atoms with Crippen molar-refractivity contribution in [1.82, 2.24) is 10.2 Å². The van der Waals surface area contributed by atoms with Gasteiger partial charge in [-0.15, -0.1) is 0 Å². The first-order valence-electron chi connectivity index (χ1n) is 9.58. The number of rotatable bonds is 11. The lowest BCUT2D eigenvalue weighted by Crippen LogP contribution is -2.58. The summed E-state index contributed by atoms with van der Waals surface area (Å²) in [5.41, 5.74) is 5.95. The van der Waals surface area contributed by atoms with Gasteiger partial charge in [-0.05, 0) is 24.3 Å². The van der Waals surface area contributed by atoms with Crippen molar-refractivity contribution in [3.63, 3.8) is 0 Å². The van der Waals surface area contributed by atoms with E-state index < -0.39 is 43.4 Å². The molecular formula is C19H30N3O7P. The first-order valence-corrected chi connectivity index (χ1v) is 11.3. The van der Waals surface area contributed by atoms with Crippen molar-refractivity contribution in [3.05, 3.63) is 35.9 Å². The molecule has 0 saturated carbocycles. The van der Waals surface area contributed by atoms with Gasteiger partial charge in [0.25, 0.3) is 0 Å². The van der Waals surface area contributed by atoms with Crippen molar-refractivity contribution in [3.8, 4) is 0 Å². The third-order valence-corrected chi connectivity index (χ3v) is 5.86.